The molecule has 26 heavy (non-hydrogen) atoms. The van der Waals surface area contributed by atoms with Crippen LogP contribution in [-0.2, 0) is 19.2 Å². The van der Waals surface area contributed by atoms with Gasteiger partial charge in [-0.25, -0.2) is 0 Å². The molecule has 0 bridgehead atoms. The van der Waals surface area contributed by atoms with Crippen molar-refractivity contribution in [2.75, 3.05) is 0 Å². The average Bonchev–Trinajstić information content (AvgIpc) is 2.56. The van der Waals surface area contributed by atoms with Gasteiger partial charge in [0, 0.05) is 36.5 Å². The highest BCUT2D eigenvalue weighted by Gasteiger charge is 2.29. The van der Waals surface area contributed by atoms with Crippen molar-refractivity contribution in [1.82, 2.24) is 5.32 Å². The quantitative estimate of drug-likeness (QED) is 0.420. The van der Waals surface area contributed by atoms with Gasteiger partial charge in [-0.3, -0.25) is 24.5 Å². The summed E-state index contributed by atoms with van der Waals surface area (Å²) in [6.07, 6.45) is 2.59. The molecule has 1 amide bonds. The minimum atomic E-state index is -0.833. The second-order valence-electron chi connectivity index (χ2n) is 7.67. The number of rotatable bonds is 12. The lowest BCUT2D eigenvalue weighted by molar-refractivity contribution is -0.130. The average molecular weight is 361 g/mol. The van der Waals surface area contributed by atoms with Gasteiger partial charge in [-0.2, -0.15) is 10.5 Å². The predicted octanol–water partition coefficient (Wildman–Crippen LogP) is 2.60. The summed E-state index contributed by atoms with van der Waals surface area (Å²) in [5.41, 5.74) is -1.56. The van der Waals surface area contributed by atoms with E-state index in [9.17, 15) is 19.2 Å². The summed E-state index contributed by atoms with van der Waals surface area (Å²) in [4.78, 5) is 47.3. The maximum absolute atomic E-state index is 11.9. The second kappa shape index (κ2) is 10.5. The number of carbonyl (C=O) groups is 4. The number of nitrogens with one attached hydrogen (secondary N) is 1. The van der Waals surface area contributed by atoms with Crippen molar-refractivity contribution in [3.63, 3.8) is 0 Å². The highest BCUT2D eigenvalue weighted by molar-refractivity contribution is 5.89. The summed E-state index contributed by atoms with van der Waals surface area (Å²) in [6, 6.07) is 1.82. The first-order valence-electron chi connectivity index (χ1n) is 8.59. The molecule has 0 aromatic heterocycles. The first-order chi connectivity index (χ1) is 12.0. The molecule has 0 aromatic rings. The molecule has 0 fully saturated rings. The number of ketones is 3. The zero-order chi connectivity index (χ0) is 20.4. The molecule has 0 aliphatic heterocycles. The molecule has 7 heteroatoms. The van der Waals surface area contributed by atoms with Crippen LogP contribution in [0.2, 0.25) is 0 Å². The van der Waals surface area contributed by atoms with E-state index < -0.39 is 16.7 Å². The molecule has 0 saturated carbocycles. The highest BCUT2D eigenvalue weighted by Crippen LogP contribution is 2.26. The van der Waals surface area contributed by atoms with Crippen LogP contribution in [0.4, 0.5) is 0 Å². The van der Waals surface area contributed by atoms with E-state index in [1.165, 1.54) is 0 Å². The molecule has 0 aliphatic rings. The van der Waals surface area contributed by atoms with Crippen LogP contribution in [0, 0.1) is 33.6 Å². The standard InChI is InChI=1S/C19H27N3O4/c1-18(2,16(25)9-12-20)10-7-14(23)5-6-15(24)8-11-19(3,4)17(26)22-13-21/h5-11H2,1-4H3,(H,22,26). The van der Waals surface area contributed by atoms with Crippen molar-refractivity contribution in [2.45, 2.75) is 72.6 Å². The molecule has 142 valence electrons. The monoisotopic (exact) mass is 361 g/mol. The van der Waals surface area contributed by atoms with Gasteiger partial charge in [0.2, 0.25) is 5.91 Å². The van der Waals surface area contributed by atoms with Crippen molar-refractivity contribution < 1.29 is 19.2 Å². The molecule has 0 saturated heterocycles. The van der Waals surface area contributed by atoms with Crippen molar-refractivity contribution in [3.05, 3.63) is 0 Å². The molecular formula is C19H27N3O4. The molecule has 0 aromatic carbocycles. The van der Waals surface area contributed by atoms with E-state index in [-0.39, 0.29) is 49.5 Å². The van der Waals surface area contributed by atoms with Gasteiger partial charge in [-0.15, -0.1) is 0 Å². The Morgan fingerprint density at radius 2 is 1.27 bits per heavy atom. The molecule has 0 spiro atoms. The van der Waals surface area contributed by atoms with Crippen LogP contribution >= 0.6 is 0 Å². The smallest absolute Gasteiger partial charge is 0.238 e. The van der Waals surface area contributed by atoms with Crippen molar-refractivity contribution in [1.29, 1.82) is 10.5 Å². The number of hydrogen-bond donors (Lipinski definition) is 1. The van der Waals surface area contributed by atoms with E-state index in [0.29, 0.717) is 12.8 Å². The molecule has 0 radical (unpaired) electrons. The van der Waals surface area contributed by atoms with Gasteiger partial charge in [0.1, 0.15) is 11.6 Å². The number of amides is 1. The van der Waals surface area contributed by atoms with Gasteiger partial charge in [-0.05, 0) is 12.8 Å². The second-order valence-corrected chi connectivity index (χ2v) is 7.67. The number of carbonyl (C=O) groups excluding carboxylic acids is 4. The van der Waals surface area contributed by atoms with Crippen molar-refractivity contribution in [3.8, 4) is 12.3 Å². The molecule has 0 rings (SSSR count). The fourth-order valence-corrected chi connectivity index (χ4v) is 2.22. The normalized spacial score (nSPS) is 11.2. The van der Waals surface area contributed by atoms with Crippen LogP contribution in [0.5, 0.6) is 0 Å². The SMILES string of the molecule is CC(C)(CCC(=O)CCC(=O)CCC(C)(C)C(=O)NC#N)C(=O)CC#N. The van der Waals surface area contributed by atoms with E-state index in [4.69, 9.17) is 10.5 Å². The third kappa shape index (κ3) is 8.53. The molecule has 0 unspecified atom stereocenters. The summed E-state index contributed by atoms with van der Waals surface area (Å²) < 4.78 is 0. The Bertz CT molecular complexity index is 580. The Kier molecular flexibility index (Phi) is 9.43. The Balaban J connectivity index is 4.26. The lowest BCUT2D eigenvalue weighted by Gasteiger charge is -2.21. The summed E-state index contributed by atoms with van der Waals surface area (Å²) >= 11 is 0. The molecule has 1 N–H and O–H groups in total. The largest absolute Gasteiger partial charge is 0.300 e. The molecule has 0 atom stereocenters. The maximum Gasteiger partial charge on any atom is 0.238 e. The number of hydrogen-bond acceptors (Lipinski definition) is 6. The van der Waals surface area contributed by atoms with Crippen LogP contribution in [0.3, 0.4) is 0 Å². The first-order valence-corrected chi connectivity index (χ1v) is 8.59. The van der Waals surface area contributed by atoms with Crippen LogP contribution in [0.15, 0.2) is 0 Å². The van der Waals surface area contributed by atoms with E-state index in [0.717, 1.165) is 0 Å². The first kappa shape index (κ1) is 23.5. The van der Waals surface area contributed by atoms with Crippen molar-refractivity contribution >= 4 is 23.3 Å². The minimum absolute atomic E-state index is 0.0986. The molecular weight excluding hydrogens is 334 g/mol. The van der Waals surface area contributed by atoms with Gasteiger partial charge in [0.15, 0.2) is 12.0 Å². The van der Waals surface area contributed by atoms with E-state index in [1.807, 2.05) is 6.07 Å². The van der Waals surface area contributed by atoms with E-state index >= 15 is 0 Å². The zero-order valence-corrected chi connectivity index (χ0v) is 16.0. The third-order valence-electron chi connectivity index (χ3n) is 4.52. The van der Waals surface area contributed by atoms with E-state index in [1.54, 1.807) is 33.9 Å². The fourth-order valence-electron chi connectivity index (χ4n) is 2.22. The van der Waals surface area contributed by atoms with Gasteiger partial charge < -0.3 is 0 Å². The lowest BCUT2D eigenvalue weighted by Crippen LogP contribution is -2.34. The minimum Gasteiger partial charge on any atom is -0.300 e. The number of nitriles is 2. The Morgan fingerprint density at radius 1 is 0.808 bits per heavy atom. The van der Waals surface area contributed by atoms with Crippen LogP contribution in [-0.4, -0.2) is 23.3 Å². The summed E-state index contributed by atoms with van der Waals surface area (Å²) in [5, 5.41) is 19.1. The fraction of sp³-hybridized carbons (Fsp3) is 0.684. The van der Waals surface area contributed by atoms with Crippen molar-refractivity contribution in [2.24, 2.45) is 10.8 Å². The van der Waals surface area contributed by atoms with Gasteiger partial charge in [0.05, 0.1) is 12.5 Å². The summed E-state index contributed by atoms with van der Waals surface area (Å²) in [6.45, 7) is 6.72. The number of nitrogens with zero attached hydrogens (tertiary/aromatic N) is 2. The summed E-state index contributed by atoms with van der Waals surface area (Å²) in [5.74, 6) is -0.844. The summed E-state index contributed by atoms with van der Waals surface area (Å²) in [7, 11) is 0. The number of Topliss-reactive ketones (excluding diaryl/α,β-unsaturated/α-hetero) is 3. The van der Waals surface area contributed by atoms with Crippen LogP contribution < -0.4 is 5.32 Å². The van der Waals surface area contributed by atoms with Gasteiger partial charge in [0.25, 0.3) is 0 Å². The Labute approximate surface area is 154 Å². The molecule has 0 aliphatic carbocycles. The molecule has 7 nitrogen and oxygen atoms in total. The maximum atomic E-state index is 11.9. The topological polar surface area (TPSA) is 128 Å². The molecule has 0 heterocycles. The predicted molar refractivity (Wildman–Crippen MR) is 94.3 cm³/mol. The van der Waals surface area contributed by atoms with Crippen LogP contribution in [0.25, 0.3) is 0 Å². The Hall–Kier alpha value is -2.54. The van der Waals surface area contributed by atoms with E-state index in [2.05, 4.69) is 5.32 Å². The highest BCUT2D eigenvalue weighted by atomic mass is 16.2. The van der Waals surface area contributed by atoms with Gasteiger partial charge in [-0.1, -0.05) is 27.7 Å². The van der Waals surface area contributed by atoms with Crippen LogP contribution in [0.1, 0.15) is 72.6 Å². The van der Waals surface area contributed by atoms with Gasteiger partial charge >= 0.3 is 0 Å². The third-order valence-corrected chi connectivity index (χ3v) is 4.52. The Morgan fingerprint density at radius 3 is 1.69 bits per heavy atom. The lowest BCUT2D eigenvalue weighted by atomic mass is 9.81. The zero-order valence-electron chi connectivity index (χ0n) is 16.0.